The van der Waals surface area contributed by atoms with Crippen LogP contribution >= 0.6 is 0 Å². The van der Waals surface area contributed by atoms with E-state index in [4.69, 9.17) is 0 Å². The molecule has 2 aromatic rings. The van der Waals surface area contributed by atoms with Crippen LogP contribution in [-0.4, -0.2) is 10.1 Å². The molecule has 1 aromatic carbocycles. The van der Waals surface area contributed by atoms with E-state index >= 15 is 0 Å². The van der Waals surface area contributed by atoms with Crippen molar-refractivity contribution in [2.45, 2.75) is 77.6 Å². The van der Waals surface area contributed by atoms with E-state index in [-0.39, 0.29) is 11.3 Å². The maximum absolute atomic E-state index is 12.1. The fourth-order valence-electron chi connectivity index (χ4n) is 3.42. The van der Waals surface area contributed by atoms with Gasteiger partial charge in [0.1, 0.15) is 5.75 Å². The van der Waals surface area contributed by atoms with Gasteiger partial charge < -0.3 is 10.1 Å². The number of hydrogen-bond acceptors (Lipinski definition) is 2. The summed E-state index contributed by atoms with van der Waals surface area (Å²) in [6.07, 6.45) is 14.9. The average molecular weight is 356 g/mol. The summed E-state index contributed by atoms with van der Waals surface area (Å²) >= 11 is 0. The van der Waals surface area contributed by atoms with Crippen molar-refractivity contribution in [3.63, 3.8) is 0 Å². The van der Waals surface area contributed by atoms with Crippen molar-refractivity contribution < 1.29 is 5.11 Å². The van der Waals surface area contributed by atoms with Crippen molar-refractivity contribution in [3.8, 4) is 16.9 Å². The molecule has 0 aliphatic heterocycles. The van der Waals surface area contributed by atoms with Gasteiger partial charge in [-0.2, -0.15) is 0 Å². The SMILES string of the molecule is CCCCCCCCCCCCc1c(O)c(-c2ccccc2)c[nH]c1=O. The van der Waals surface area contributed by atoms with Crippen molar-refractivity contribution in [2.24, 2.45) is 0 Å². The minimum atomic E-state index is -0.168. The predicted molar refractivity (Wildman–Crippen MR) is 110 cm³/mol. The van der Waals surface area contributed by atoms with E-state index in [1.807, 2.05) is 30.3 Å². The summed E-state index contributed by atoms with van der Waals surface area (Å²) in [7, 11) is 0. The molecule has 142 valence electrons. The van der Waals surface area contributed by atoms with E-state index in [2.05, 4.69) is 11.9 Å². The number of H-pyrrole nitrogens is 1. The lowest BCUT2D eigenvalue weighted by molar-refractivity contribution is 0.465. The summed E-state index contributed by atoms with van der Waals surface area (Å²) in [6, 6.07) is 9.69. The first-order chi connectivity index (χ1) is 12.7. The first-order valence-corrected chi connectivity index (χ1v) is 10.2. The number of aromatic nitrogens is 1. The van der Waals surface area contributed by atoms with Crippen molar-refractivity contribution in [2.75, 3.05) is 0 Å². The molecule has 3 nitrogen and oxygen atoms in total. The number of pyridine rings is 1. The summed E-state index contributed by atoms with van der Waals surface area (Å²) in [6.45, 7) is 2.25. The highest BCUT2D eigenvalue weighted by atomic mass is 16.3. The van der Waals surface area contributed by atoms with Crippen molar-refractivity contribution in [3.05, 3.63) is 52.4 Å². The van der Waals surface area contributed by atoms with Gasteiger partial charge in [-0.25, -0.2) is 0 Å². The number of hydrogen-bond donors (Lipinski definition) is 2. The van der Waals surface area contributed by atoms with Gasteiger partial charge in [0.15, 0.2) is 0 Å². The Morgan fingerprint density at radius 3 is 2.04 bits per heavy atom. The molecule has 1 aromatic heterocycles. The topological polar surface area (TPSA) is 53.1 Å². The predicted octanol–water partition coefficient (Wildman–Crippen LogP) is 6.21. The summed E-state index contributed by atoms with van der Waals surface area (Å²) < 4.78 is 0. The number of aromatic hydroxyl groups is 1. The van der Waals surface area contributed by atoms with Gasteiger partial charge in [0.2, 0.25) is 0 Å². The summed E-state index contributed by atoms with van der Waals surface area (Å²) in [5.41, 5.74) is 1.97. The molecule has 0 saturated carbocycles. The van der Waals surface area contributed by atoms with Crippen LogP contribution in [0.5, 0.6) is 5.75 Å². The third kappa shape index (κ3) is 6.36. The summed E-state index contributed by atoms with van der Waals surface area (Å²) in [5, 5.41) is 10.5. The van der Waals surface area contributed by atoms with Crippen LogP contribution in [-0.2, 0) is 6.42 Å². The maximum Gasteiger partial charge on any atom is 0.254 e. The summed E-state index contributed by atoms with van der Waals surface area (Å²) in [5.74, 6) is 0.135. The van der Waals surface area contributed by atoms with Crippen LogP contribution in [0, 0.1) is 0 Å². The molecular formula is C23H33NO2. The molecule has 0 bridgehead atoms. The highest BCUT2D eigenvalue weighted by molar-refractivity contribution is 5.70. The number of benzene rings is 1. The molecule has 0 aliphatic rings. The Morgan fingerprint density at radius 1 is 0.846 bits per heavy atom. The quantitative estimate of drug-likeness (QED) is 0.445. The molecular weight excluding hydrogens is 322 g/mol. The lowest BCUT2D eigenvalue weighted by Gasteiger charge is -2.09. The highest BCUT2D eigenvalue weighted by Gasteiger charge is 2.12. The summed E-state index contributed by atoms with van der Waals surface area (Å²) in [4.78, 5) is 14.9. The fraction of sp³-hybridized carbons (Fsp3) is 0.522. The van der Waals surface area contributed by atoms with Gasteiger partial charge in [-0.05, 0) is 18.4 Å². The van der Waals surface area contributed by atoms with E-state index in [0.717, 1.165) is 18.4 Å². The van der Waals surface area contributed by atoms with Crippen LogP contribution in [0.15, 0.2) is 41.3 Å². The van der Waals surface area contributed by atoms with Crippen molar-refractivity contribution >= 4 is 0 Å². The molecule has 1 heterocycles. The molecule has 0 amide bonds. The zero-order valence-corrected chi connectivity index (χ0v) is 16.1. The van der Waals surface area contributed by atoms with Crippen LogP contribution in [0.1, 0.15) is 76.7 Å². The molecule has 0 saturated heterocycles. The van der Waals surface area contributed by atoms with E-state index in [1.54, 1.807) is 6.20 Å². The number of nitrogens with one attached hydrogen (secondary N) is 1. The van der Waals surface area contributed by atoms with Gasteiger partial charge in [0.25, 0.3) is 5.56 Å². The minimum absolute atomic E-state index is 0.135. The molecule has 26 heavy (non-hydrogen) atoms. The molecule has 0 fully saturated rings. The Bertz CT molecular complexity index is 691. The number of rotatable bonds is 12. The van der Waals surface area contributed by atoms with Gasteiger partial charge in [-0.15, -0.1) is 0 Å². The largest absolute Gasteiger partial charge is 0.507 e. The number of aromatic amines is 1. The average Bonchev–Trinajstić information content (AvgIpc) is 2.66. The van der Waals surface area contributed by atoms with Gasteiger partial charge in [-0.1, -0.05) is 95.0 Å². The van der Waals surface area contributed by atoms with E-state index in [0.29, 0.717) is 17.5 Å². The zero-order chi connectivity index (χ0) is 18.6. The maximum atomic E-state index is 12.1. The number of unbranched alkanes of at least 4 members (excludes halogenated alkanes) is 9. The van der Waals surface area contributed by atoms with Gasteiger partial charge >= 0.3 is 0 Å². The smallest absolute Gasteiger partial charge is 0.254 e. The molecule has 2 N–H and O–H groups in total. The first-order valence-electron chi connectivity index (χ1n) is 10.2. The monoisotopic (exact) mass is 355 g/mol. The Labute approximate surface area is 157 Å². The van der Waals surface area contributed by atoms with E-state index < -0.39 is 0 Å². The normalized spacial score (nSPS) is 11.0. The first kappa shape index (κ1) is 20.3. The molecule has 2 rings (SSSR count). The van der Waals surface area contributed by atoms with Gasteiger partial charge in [0.05, 0.1) is 5.56 Å². The third-order valence-corrected chi connectivity index (χ3v) is 5.03. The minimum Gasteiger partial charge on any atom is -0.507 e. The second-order valence-corrected chi connectivity index (χ2v) is 7.16. The molecule has 0 radical (unpaired) electrons. The van der Waals surface area contributed by atoms with Crippen molar-refractivity contribution in [1.29, 1.82) is 0 Å². The van der Waals surface area contributed by atoms with Crippen LogP contribution in [0.3, 0.4) is 0 Å². The van der Waals surface area contributed by atoms with Crippen LogP contribution in [0.25, 0.3) is 11.1 Å². The second-order valence-electron chi connectivity index (χ2n) is 7.16. The molecule has 0 atom stereocenters. The molecule has 0 aliphatic carbocycles. The fourth-order valence-corrected chi connectivity index (χ4v) is 3.42. The lowest BCUT2D eigenvalue weighted by Crippen LogP contribution is -2.12. The Balaban J connectivity index is 1.77. The van der Waals surface area contributed by atoms with Crippen molar-refractivity contribution in [1.82, 2.24) is 4.98 Å². The van der Waals surface area contributed by atoms with Crippen LogP contribution < -0.4 is 5.56 Å². The molecule has 3 heteroatoms. The van der Waals surface area contributed by atoms with E-state index in [9.17, 15) is 9.90 Å². The van der Waals surface area contributed by atoms with Gasteiger partial charge in [0, 0.05) is 11.8 Å². The Hall–Kier alpha value is -2.03. The Kier molecular flexibility index (Phi) is 9.02. The van der Waals surface area contributed by atoms with E-state index in [1.165, 1.54) is 51.4 Å². The van der Waals surface area contributed by atoms with Gasteiger partial charge in [-0.3, -0.25) is 4.79 Å². The molecule has 0 spiro atoms. The van der Waals surface area contributed by atoms with Crippen LogP contribution in [0.4, 0.5) is 0 Å². The second kappa shape index (κ2) is 11.6. The third-order valence-electron chi connectivity index (χ3n) is 5.03. The Morgan fingerprint density at radius 2 is 1.42 bits per heavy atom. The zero-order valence-electron chi connectivity index (χ0n) is 16.1. The highest BCUT2D eigenvalue weighted by Crippen LogP contribution is 2.30. The standard InChI is InChI=1S/C23H33NO2/c1-2-3-4-5-6-7-8-9-10-14-17-20-22(25)21(18-24-23(20)26)19-15-12-11-13-16-19/h11-13,15-16,18H,2-10,14,17H2,1H3,(H2,24,25,26). The van der Waals surface area contributed by atoms with Crippen LogP contribution in [0.2, 0.25) is 0 Å². The lowest BCUT2D eigenvalue weighted by atomic mass is 10.0. The molecule has 0 unspecified atom stereocenters.